The summed E-state index contributed by atoms with van der Waals surface area (Å²) in [7, 11) is 3.51. The molecule has 0 saturated heterocycles. The van der Waals surface area contributed by atoms with Gasteiger partial charge in [-0.2, -0.15) is 10.1 Å². The molecule has 1 atom stereocenters. The summed E-state index contributed by atoms with van der Waals surface area (Å²) in [6.07, 6.45) is 2.88. The number of aromatic nitrogens is 4. The smallest absolute Gasteiger partial charge is 0.318 e. The summed E-state index contributed by atoms with van der Waals surface area (Å²) < 4.78 is 20.5. The third-order valence-corrected chi connectivity index (χ3v) is 3.47. The Balaban J connectivity index is 2.12. The standard InChI is InChI=1S/C13H16FN5O/c1-8-6-18(2)7-9-4-16-19(11(8)9)12-10(14)5-15-13(17-12)20-3/h4-5,8H,6-7H2,1-3H3. The first kappa shape index (κ1) is 13.0. The van der Waals surface area contributed by atoms with E-state index in [1.807, 2.05) is 0 Å². The number of hydrogen-bond donors (Lipinski definition) is 0. The molecule has 0 N–H and O–H groups in total. The number of likely N-dealkylation sites (N-methyl/N-ethyl adjacent to an activating group) is 1. The highest BCUT2D eigenvalue weighted by molar-refractivity contribution is 5.33. The molecular formula is C13H16FN5O. The zero-order chi connectivity index (χ0) is 14.3. The molecule has 7 heteroatoms. The van der Waals surface area contributed by atoms with Crippen molar-refractivity contribution in [2.24, 2.45) is 0 Å². The molecule has 3 rings (SSSR count). The Bertz CT molecular complexity index is 642. The molecule has 0 saturated carbocycles. The van der Waals surface area contributed by atoms with Crippen molar-refractivity contribution in [3.63, 3.8) is 0 Å². The lowest BCUT2D eigenvalue weighted by Gasteiger charge is -2.28. The molecule has 0 bridgehead atoms. The molecule has 0 aromatic carbocycles. The molecule has 0 spiro atoms. The number of rotatable bonds is 2. The first-order valence-corrected chi connectivity index (χ1v) is 6.42. The van der Waals surface area contributed by atoms with Crippen LogP contribution in [-0.2, 0) is 6.54 Å². The Hall–Kier alpha value is -2.02. The summed E-state index contributed by atoms with van der Waals surface area (Å²) >= 11 is 0. The first-order valence-electron chi connectivity index (χ1n) is 6.42. The normalized spacial score (nSPS) is 18.9. The number of ether oxygens (including phenoxy) is 1. The fraction of sp³-hybridized carbons (Fsp3) is 0.462. The Morgan fingerprint density at radius 2 is 2.20 bits per heavy atom. The summed E-state index contributed by atoms with van der Waals surface area (Å²) in [5.41, 5.74) is 2.10. The van der Waals surface area contributed by atoms with Crippen molar-refractivity contribution in [1.82, 2.24) is 24.6 Å². The minimum absolute atomic E-state index is 0.131. The van der Waals surface area contributed by atoms with Crippen molar-refractivity contribution in [2.45, 2.75) is 19.4 Å². The number of halogens is 1. The summed E-state index contributed by atoms with van der Waals surface area (Å²) in [6.45, 7) is 3.81. The predicted molar refractivity (Wildman–Crippen MR) is 70.4 cm³/mol. The number of nitrogens with zero attached hydrogens (tertiary/aromatic N) is 5. The van der Waals surface area contributed by atoms with E-state index >= 15 is 0 Å². The van der Waals surface area contributed by atoms with Crippen molar-refractivity contribution in [1.29, 1.82) is 0 Å². The molecule has 2 aromatic heterocycles. The van der Waals surface area contributed by atoms with Gasteiger partial charge in [-0.1, -0.05) is 6.92 Å². The van der Waals surface area contributed by atoms with E-state index in [1.54, 1.807) is 10.9 Å². The minimum Gasteiger partial charge on any atom is -0.467 e. The van der Waals surface area contributed by atoms with Crippen LogP contribution in [0, 0.1) is 5.82 Å². The number of methoxy groups -OCH3 is 1. The Morgan fingerprint density at radius 1 is 1.40 bits per heavy atom. The van der Waals surface area contributed by atoms with E-state index in [-0.39, 0.29) is 17.7 Å². The van der Waals surface area contributed by atoms with Crippen LogP contribution in [0.25, 0.3) is 5.82 Å². The average Bonchev–Trinajstić information content (AvgIpc) is 2.83. The highest BCUT2D eigenvalue weighted by Gasteiger charge is 2.26. The molecule has 2 aromatic rings. The van der Waals surface area contributed by atoms with E-state index in [1.165, 1.54) is 7.11 Å². The van der Waals surface area contributed by atoms with Gasteiger partial charge in [0.05, 0.1) is 25.2 Å². The second-order valence-electron chi connectivity index (χ2n) is 5.09. The maximum atomic E-state index is 14.0. The topological polar surface area (TPSA) is 56.1 Å². The summed E-state index contributed by atoms with van der Waals surface area (Å²) in [4.78, 5) is 10.0. The van der Waals surface area contributed by atoms with E-state index in [4.69, 9.17) is 4.74 Å². The van der Waals surface area contributed by atoms with Crippen LogP contribution >= 0.6 is 0 Å². The fourth-order valence-corrected chi connectivity index (χ4v) is 2.71. The van der Waals surface area contributed by atoms with Gasteiger partial charge in [0, 0.05) is 24.6 Å². The van der Waals surface area contributed by atoms with E-state index in [0.717, 1.165) is 30.5 Å². The lowest BCUT2D eigenvalue weighted by molar-refractivity contribution is 0.283. The molecule has 106 valence electrons. The highest BCUT2D eigenvalue weighted by atomic mass is 19.1. The van der Waals surface area contributed by atoms with Gasteiger partial charge >= 0.3 is 6.01 Å². The number of hydrogen-bond acceptors (Lipinski definition) is 5. The quantitative estimate of drug-likeness (QED) is 0.829. The molecule has 1 aliphatic rings. The molecule has 0 radical (unpaired) electrons. The average molecular weight is 277 g/mol. The lowest BCUT2D eigenvalue weighted by atomic mass is 9.99. The van der Waals surface area contributed by atoms with Gasteiger partial charge < -0.3 is 9.64 Å². The fourth-order valence-electron chi connectivity index (χ4n) is 2.71. The van der Waals surface area contributed by atoms with Crippen LogP contribution < -0.4 is 4.74 Å². The molecule has 0 aliphatic carbocycles. The first-order chi connectivity index (χ1) is 9.60. The van der Waals surface area contributed by atoms with Gasteiger partial charge in [-0.15, -0.1) is 0 Å². The number of fused-ring (bicyclic) bond motifs is 1. The van der Waals surface area contributed by atoms with Gasteiger partial charge in [0.25, 0.3) is 0 Å². The van der Waals surface area contributed by atoms with Crippen LogP contribution in [0.3, 0.4) is 0 Å². The van der Waals surface area contributed by atoms with Crippen molar-refractivity contribution in [3.05, 3.63) is 29.5 Å². The van der Waals surface area contributed by atoms with Crippen molar-refractivity contribution in [2.75, 3.05) is 20.7 Å². The maximum absolute atomic E-state index is 14.0. The van der Waals surface area contributed by atoms with Crippen LogP contribution in [0.2, 0.25) is 0 Å². The largest absolute Gasteiger partial charge is 0.467 e. The highest BCUT2D eigenvalue weighted by Crippen LogP contribution is 2.29. The Morgan fingerprint density at radius 3 is 2.95 bits per heavy atom. The van der Waals surface area contributed by atoms with Crippen molar-refractivity contribution in [3.8, 4) is 11.8 Å². The monoisotopic (exact) mass is 277 g/mol. The van der Waals surface area contributed by atoms with Crippen LogP contribution in [0.4, 0.5) is 4.39 Å². The van der Waals surface area contributed by atoms with E-state index in [0.29, 0.717) is 0 Å². The SMILES string of the molecule is COc1ncc(F)c(-n2ncc3c2C(C)CN(C)C3)n1. The van der Waals surface area contributed by atoms with E-state index < -0.39 is 5.82 Å². The van der Waals surface area contributed by atoms with Crippen LogP contribution in [0.5, 0.6) is 6.01 Å². The summed E-state index contributed by atoms with van der Waals surface area (Å²) in [5.74, 6) is -0.121. The molecule has 0 fully saturated rings. The zero-order valence-electron chi connectivity index (χ0n) is 11.7. The van der Waals surface area contributed by atoms with Gasteiger partial charge in [0.15, 0.2) is 11.6 Å². The van der Waals surface area contributed by atoms with E-state index in [9.17, 15) is 4.39 Å². The maximum Gasteiger partial charge on any atom is 0.318 e. The van der Waals surface area contributed by atoms with Gasteiger partial charge in [-0.3, -0.25) is 0 Å². The van der Waals surface area contributed by atoms with Gasteiger partial charge in [0.2, 0.25) is 0 Å². The molecule has 1 unspecified atom stereocenters. The third-order valence-electron chi connectivity index (χ3n) is 3.47. The Labute approximate surface area is 116 Å². The second kappa shape index (κ2) is 4.82. The molecule has 1 aliphatic heterocycles. The third kappa shape index (κ3) is 2.03. The molecule has 3 heterocycles. The molecule has 0 amide bonds. The Kier molecular flexibility index (Phi) is 3.13. The summed E-state index contributed by atoms with van der Waals surface area (Å²) in [5, 5.41) is 4.29. The lowest BCUT2D eigenvalue weighted by Crippen LogP contribution is -2.30. The van der Waals surface area contributed by atoms with Gasteiger partial charge in [0.1, 0.15) is 0 Å². The predicted octanol–water partition coefficient (Wildman–Crippen LogP) is 1.36. The minimum atomic E-state index is -0.511. The van der Waals surface area contributed by atoms with Crippen molar-refractivity contribution >= 4 is 0 Å². The second-order valence-corrected chi connectivity index (χ2v) is 5.09. The molecular weight excluding hydrogens is 261 g/mol. The van der Waals surface area contributed by atoms with Gasteiger partial charge in [-0.25, -0.2) is 14.1 Å². The summed E-state index contributed by atoms with van der Waals surface area (Å²) in [6, 6.07) is 0.131. The van der Waals surface area contributed by atoms with Crippen LogP contribution in [-0.4, -0.2) is 45.4 Å². The zero-order valence-corrected chi connectivity index (χ0v) is 11.7. The van der Waals surface area contributed by atoms with Crippen LogP contribution in [0.1, 0.15) is 24.1 Å². The van der Waals surface area contributed by atoms with Crippen LogP contribution in [0.15, 0.2) is 12.4 Å². The van der Waals surface area contributed by atoms with Crippen molar-refractivity contribution < 1.29 is 9.13 Å². The molecule has 20 heavy (non-hydrogen) atoms. The van der Waals surface area contributed by atoms with Gasteiger partial charge in [-0.05, 0) is 7.05 Å². The molecule has 6 nitrogen and oxygen atoms in total. The van der Waals surface area contributed by atoms with E-state index in [2.05, 4.69) is 33.9 Å².